The predicted molar refractivity (Wildman–Crippen MR) is 75.2 cm³/mol. The molecule has 0 saturated carbocycles. The molecule has 100 valence electrons. The Kier molecular flexibility index (Phi) is 4.53. The molecular formula is C16H19NO2. The number of rotatable bonds is 5. The van der Waals surface area contributed by atoms with Gasteiger partial charge in [-0.25, -0.2) is 0 Å². The number of aromatic nitrogens is 1. The maximum absolute atomic E-state index is 10.1. The van der Waals surface area contributed by atoms with E-state index >= 15 is 0 Å². The number of ether oxygens (including phenoxy) is 1. The quantitative estimate of drug-likeness (QED) is 0.894. The van der Waals surface area contributed by atoms with Gasteiger partial charge in [0, 0.05) is 18.8 Å². The Hall–Kier alpha value is -1.87. The third-order valence-electron chi connectivity index (χ3n) is 2.93. The highest BCUT2D eigenvalue weighted by atomic mass is 16.5. The molecule has 1 heterocycles. The molecule has 0 bridgehead atoms. The summed E-state index contributed by atoms with van der Waals surface area (Å²) in [5, 5.41) is 10.1. The first-order chi connectivity index (χ1) is 9.15. The van der Waals surface area contributed by atoms with Crippen molar-refractivity contribution in [2.24, 2.45) is 0 Å². The van der Waals surface area contributed by atoms with Gasteiger partial charge in [0.05, 0.1) is 12.7 Å². The summed E-state index contributed by atoms with van der Waals surface area (Å²) in [5.74, 6) is 0.842. The molecule has 3 nitrogen and oxygen atoms in total. The zero-order chi connectivity index (χ0) is 13.7. The molecule has 0 aliphatic rings. The molecular weight excluding hydrogens is 238 g/mol. The van der Waals surface area contributed by atoms with Gasteiger partial charge in [-0.05, 0) is 42.7 Å². The van der Waals surface area contributed by atoms with Gasteiger partial charge in [0.25, 0.3) is 0 Å². The maximum Gasteiger partial charge on any atom is 0.119 e. The average molecular weight is 257 g/mol. The standard InChI is InChI=1S/C16H19NO2/c1-12-4-3-5-15(9-12)19-7-6-16(18)14-8-13(2)10-17-11-14/h3-5,8-11,16,18H,6-7H2,1-2H3. The lowest BCUT2D eigenvalue weighted by Gasteiger charge is -2.12. The molecule has 0 aliphatic heterocycles. The Balaban J connectivity index is 1.85. The van der Waals surface area contributed by atoms with E-state index < -0.39 is 6.10 Å². The van der Waals surface area contributed by atoms with Crippen molar-refractivity contribution in [2.75, 3.05) is 6.61 Å². The second-order valence-electron chi connectivity index (χ2n) is 4.77. The number of hydrogen-bond acceptors (Lipinski definition) is 3. The van der Waals surface area contributed by atoms with Crippen molar-refractivity contribution in [1.29, 1.82) is 0 Å². The predicted octanol–water partition coefficient (Wildman–Crippen LogP) is 3.20. The van der Waals surface area contributed by atoms with Crippen LogP contribution in [0.4, 0.5) is 0 Å². The first-order valence-corrected chi connectivity index (χ1v) is 6.44. The molecule has 0 saturated heterocycles. The lowest BCUT2D eigenvalue weighted by atomic mass is 10.1. The van der Waals surface area contributed by atoms with Crippen LogP contribution in [0.2, 0.25) is 0 Å². The molecule has 19 heavy (non-hydrogen) atoms. The van der Waals surface area contributed by atoms with Crippen molar-refractivity contribution in [3.8, 4) is 5.75 Å². The third-order valence-corrected chi connectivity index (χ3v) is 2.93. The van der Waals surface area contributed by atoms with Crippen molar-refractivity contribution in [2.45, 2.75) is 26.4 Å². The van der Waals surface area contributed by atoms with E-state index in [2.05, 4.69) is 4.98 Å². The first-order valence-electron chi connectivity index (χ1n) is 6.44. The first kappa shape index (κ1) is 13.6. The lowest BCUT2D eigenvalue weighted by Crippen LogP contribution is -2.06. The van der Waals surface area contributed by atoms with Crippen molar-refractivity contribution < 1.29 is 9.84 Å². The van der Waals surface area contributed by atoms with Crippen molar-refractivity contribution in [3.05, 3.63) is 59.4 Å². The van der Waals surface area contributed by atoms with Gasteiger partial charge in [-0.1, -0.05) is 18.2 Å². The topological polar surface area (TPSA) is 42.4 Å². The molecule has 0 aliphatic carbocycles. The molecule has 0 fully saturated rings. The summed E-state index contributed by atoms with van der Waals surface area (Å²) in [6, 6.07) is 9.85. The van der Waals surface area contributed by atoms with Crippen LogP contribution >= 0.6 is 0 Å². The summed E-state index contributed by atoms with van der Waals surface area (Å²) in [7, 11) is 0. The number of aliphatic hydroxyl groups excluding tert-OH is 1. The highest BCUT2D eigenvalue weighted by Gasteiger charge is 2.08. The van der Waals surface area contributed by atoms with E-state index in [1.807, 2.05) is 44.2 Å². The summed E-state index contributed by atoms with van der Waals surface area (Å²) in [4.78, 5) is 4.08. The molecule has 3 heteroatoms. The van der Waals surface area contributed by atoms with E-state index in [1.165, 1.54) is 5.56 Å². The number of aryl methyl sites for hydroxylation is 2. The monoisotopic (exact) mass is 257 g/mol. The Morgan fingerprint density at radius 1 is 1.16 bits per heavy atom. The number of benzene rings is 1. The van der Waals surface area contributed by atoms with Gasteiger partial charge in [-0.2, -0.15) is 0 Å². The zero-order valence-corrected chi connectivity index (χ0v) is 11.3. The lowest BCUT2D eigenvalue weighted by molar-refractivity contribution is 0.140. The number of pyridine rings is 1. The van der Waals surface area contributed by atoms with Crippen LogP contribution in [0.5, 0.6) is 5.75 Å². The van der Waals surface area contributed by atoms with E-state index in [0.717, 1.165) is 16.9 Å². The van der Waals surface area contributed by atoms with Crippen LogP contribution in [0.25, 0.3) is 0 Å². The molecule has 2 aromatic rings. The Morgan fingerprint density at radius 2 is 2.00 bits per heavy atom. The smallest absolute Gasteiger partial charge is 0.119 e. The van der Waals surface area contributed by atoms with Gasteiger partial charge in [-0.3, -0.25) is 4.98 Å². The number of hydrogen-bond donors (Lipinski definition) is 1. The van der Waals surface area contributed by atoms with E-state index in [0.29, 0.717) is 13.0 Å². The van der Waals surface area contributed by atoms with Crippen LogP contribution in [-0.4, -0.2) is 16.7 Å². The fraction of sp³-hybridized carbons (Fsp3) is 0.312. The van der Waals surface area contributed by atoms with Crippen LogP contribution < -0.4 is 4.74 Å². The molecule has 1 aromatic carbocycles. The molecule has 1 aromatic heterocycles. The van der Waals surface area contributed by atoms with Gasteiger partial charge in [0.15, 0.2) is 0 Å². The highest BCUT2D eigenvalue weighted by Crippen LogP contribution is 2.18. The van der Waals surface area contributed by atoms with Gasteiger partial charge >= 0.3 is 0 Å². The van der Waals surface area contributed by atoms with Crippen LogP contribution in [-0.2, 0) is 0 Å². The Morgan fingerprint density at radius 3 is 2.74 bits per heavy atom. The van der Waals surface area contributed by atoms with Gasteiger partial charge in [-0.15, -0.1) is 0 Å². The van der Waals surface area contributed by atoms with Crippen molar-refractivity contribution in [3.63, 3.8) is 0 Å². The van der Waals surface area contributed by atoms with Gasteiger partial charge in [0.1, 0.15) is 5.75 Å². The maximum atomic E-state index is 10.1. The summed E-state index contributed by atoms with van der Waals surface area (Å²) >= 11 is 0. The molecule has 0 radical (unpaired) electrons. The van der Waals surface area contributed by atoms with Gasteiger partial charge in [0.2, 0.25) is 0 Å². The molecule has 1 unspecified atom stereocenters. The SMILES string of the molecule is Cc1cccc(OCCC(O)c2cncc(C)c2)c1. The minimum atomic E-state index is -0.530. The van der Waals surface area contributed by atoms with E-state index in [-0.39, 0.29) is 0 Å². The summed E-state index contributed by atoms with van der Waals surface area (Å²) in [5.41, 5.74) is 3.06. The van der Waals surface area contributed by atoms with Crippen molar-refractivity contribution in [1.82, 2.24) is 4.98 Å². The van der Waals surface area contributed by atoms with Crippen LogP contribution in [0, 0.1) is 13.8 Å². The van der Waals surface area contributed by atoms with E-state index in [9.17, 15) is 5.11 Å². The Labute approximate surface area is 113 Å². The molecule has 2 rings (SSSR count). The second-order valence-corrected chi connectivity index (χ2v) is 4.77. The molecule has 1 N–H and O–H groups in total. The minimum Gasteiger partial charge on any atom is -0.493 e. The summed E-state index contributed by atoms with van der Waals surface area (Å²) < 4.78 is 5.63. The normalized spacial score (nSPS) is 12.2. The number of nitrogens with zero attached hydrogens (tertiary/aromatic N) is 1. The zero-order valence-electron chi connectivity index (χ0n) is 11.3. The van der Waals surface area contributed by atoms with E-state index in [1.54, 1.807) is 12.4 Å². The largest absolute Gasteiger partial charge is 0.493 e. The summed E-state index contributed by atoms with van der Waals surface area (Å²) in [6.45, 7) is 4.48. The van der Waals surface area contributed by atoms with Crippen LogP contribution in [0.3, 0.4) is 0 Å². The van der Waals surface area contributed by atoms with E-state index in [4.69, 9.17) is 4.74 Å². The summed E-state index contributed by atoms with van der Waals surface area (Å²) in [6.07, 6.45) is 3.50. The Bertz CT molecular complexity index is 540. The number of aliphatic hydroxyl groups is 1. The third kappa shape index (κ3) is 4.07. The van der Waals surface area contributed by atoms with Crippen molar-refractivity contribution >= 4 is 0 Å². The molecule has 1 atom stereocenters. The molecule has 0 spiro atoms. The average Bonchev–Trinajstić information content (AvgIpc) is 2.38. The van der Waals surface area contributed by atoms with Gasteiger partial charge < -0.3 is 9.84 Å². The highest BCUT2D eigenvalue weighted by molar-refractivity contribution is 5.27. The fourth-order valence-corrected chi connectivity index (χ4v) is 1.92. The van der Waals surface area contributed by atoms with Crippen LogP contribution in [0.15, 0.2) is 42.7 Å². The minimum absolute atomic E-state index is 0.485. The second kappa shape index (κ2) is 6.34. The fourth-order valence-electron chi connectivity index (χ4n) is 1.92. The van der Waals surface area contributed by atoms with Crippen LogP contribution in [0.1, 0.15) is 29.2 Å². The molecule has 0 amide bonds.